The molecule has 1 rings (SSSR count). The van der Waals surface area contributed by atoms with Crippen molar-refractivity contribution in [3.63, 3.8) is 0 Å². The Kier molecular flexibility index (Phi) is 4.51. The molecule has 0 saturated heterocycles. The smallest absolute Gasteiger partial charge is 0.254 e. The van der Waals surface area contributed by atoms with Crippen LogP contribution in [-0.2, 0) is 0 Å². The van der Waals surface area contributed by atoms with Crippen LogP contribution in [0.15, 0.2) is 29.4 Å². The Morgan fingerprint density at radius 2 is 2.12 bits per heavy atom. The lowest BCUT2D eigenvalue weighted by molar-refractivity contribution is 0.0785. The zero-order valence-electron chi connectivity index (χ0n) is 10.1. The van der Waals surface area contributed by atoms with Crippen molar-refractivity contribution in [2.75, 3.05) is 13.1 Å². The van der Waals surface area contributed by atoms with Gasteiger partial charge in [0, 0.05) is 12.1 Å². The number of carbonyl (C=O) groups is 1. The van der Waals surface area contributed by atoms with Crippen molar-refractivity contribution < 1.29 is 10.0 Å². The molecule has 0 aliphatic heterocycles. The standard InChI is InChI=1S/C12H17N3O2/c1-3-15(8-11(13)14-17)12(16)10-7-5-4-6-9(10)2/h4-7,17H,3,8H2,1-2H3,(H2,13,14). The molecule has 0 unspecified atom stereocenters. The summed E-state index contributed by atoms with van der Waals surface area (Å²) in [6.07, 6.45) is 0. The van der Waals surface area contributed by atoms with E-state index in [0.29, 0.717) is 12.1 Å². The van der Waals surface area contributed by atoms with Crippen molar-refractivity contribution in [1.29, 1.82) is 0 Å². The van der Waals surface area contributed by atoms with Crippen molar-refractivity contribution in [2.45, 2.75) is 13.8 Å². The molecule has 0 radical (unpaired) electrons. The van der Waals surface area contributed by atoms with Gasteiger partial charge in [-0.05, 0) is 25.5 Å². The van der Waals surface area contributed by atoms with Gasteiger partial charge in [-0.2, -0.15) is 0 Å². The van der Waals surface area contributed by atoms with E-state index in [-0.39, 0.29) is 18.3 Å². The number of nitrogens with zero attached hydrogens (tertiary/aromatic N) is 2. The third kappa shape index (κ3) is 3.21. The lowest BCUT2D eigenvalue weighted by Crippen LogP contribution is -2.38. The van der Waals surface area contributed by atoms with Crippen LogP contribution in [0.1, 0.15) is 22.8 Å². The van der Waals surface area contributed by atoms with Crippen LogP contribution >= 0.6 is 0 Å². The maximum atomic E-state index is 12.2. The molecule has 3 N–H and O–H groups in total. The van der Waals surface area contributed by atoms with Crippen LogP contribution in [0.25, 0.3) is 0 Å². The summed E-state index contributed by atoms with van der Waals surface area (Å²) in [4.78, 5) is 13.7. The summed E-state index contributed by atoms with van der Waals surface area (Å²) < 4.78 is 0. The highest BCUT2D eigenvalue weighted by molar-refractivity contribution is 5.98. The first-order valence-corrected chi connectivity index (χ1v) is 5.41. The third-order valence-corrected chi connectivity index (χ3v) is 2.53. The fraction of sp³-hybridized carbons (Fsp3) is 0.333. The number of hydrogen-bond donors (Lipinski definition) is 2. The molecule has 17 heavy (non-hydrogen) atoms. The van der Waals surface area contributed by atoms with Gasteiger partial charge in [0.1, 0.15) is 0 Å². The van der Waals surface area contributed by atoms with Crippen molar-refractivity contribution in [3.05, 3.63) is 35.4 Å². The Morgan fingerprint density at radius 1 is 1.47 bits per heavy atom. The van der Waals surface area contributed by atoms with E-state index in [0.717, 1.165) is 5.56 Å². The highest BCUT2D eigenvalue weighted by Gasteiger charge is 2.16. The SMILES string of the molecule is CCN(CC(N)=NO)C(=O)c1ccccc1C. The Labute approximate surface area is 101 Å². The van der Waals surface area contributed by atoms with E-state index in [4.69, 9.17) is 10.9 Å². The zero-order valence-corrected chi connectivity index (χ0v) is 10.1. The van der Waals surface area contributed by atoms with E-state index in [9.17, 15) is 4.79 Å². The largest absolute Gasteiger partial charge is 0.409 e. The maximum Gasteiger partial charge on any atom is 0.254 e. The Bertz CT molecular complexity index is 430. The minimum Gasteiger partial charge on any atom is -0.409 e. The molecule has 0 aromatic heterocycles. The monoisotopic (exact) mass is 235 g/mol. The second-order valence-corrected chi connectivity index (χ2v) is 3.73. The molecule has 1 aromatic rings. The number of hydrogen-bond acceptors (Lipinski definition) is 3. The number of oxime groups is 1. The normalized spacial score (nSPS) is 11.3. The van der Waals surface area contributed by atoms with Gasteiger partial charge >= 0.3 is 0 Å². The molecule has 0 saturated carbocycles. The first-order chi connectivity index (χ1) is 8.10. The molecule has 0 fully saturated rings. The molecule has 0 heterocycles. The van der Waals surface area contributed by atoms with Gasteiger partial charge in [-0.15, -0.1) is 0 Å². The van der Waals surface area contributed by atoms with Crippen LogP contribution in [0, 0.1) is 6.92 Å². The van der Waals surface area contributed by atoms with Gasteiger partial charge in [0.15, 0.2) is 5.84 Å². The average Bonchev–Trinajstić information content (AvgIpc) is 2.35. The summed E-state index contributed by atoms with van der Waals surface area (Å²) in [5.41, 5.74) is 6.96. The van der Waals surface area contributed by atoms with E-state index in [1.54, 1.807) is 6.07 Å². The number of aryl methyl sites for hydroxylation is 1. The summed E-state index contributed by atoms with van der Waals surface area (Å²) in [6, 6.07) is 7.35. The molecular formula is C12H17N3O2. The molecule has 0 aliphatic rings. The van der Waals surface area contributed by atoms with Crippen LogP contribution in [0.4, 0.5) is 0 Å². The van der Waals surface area contributed by atoms with Crippen LogP contribution in [-0.4, -0.2) is 34.9 Å². The molecule has 0 aliphatic carbocycles. The van der Waals surface area contributed by atoms with Gasteiger partial charge in [0.25, 0.3) is 5.91 Å². The highest BCUT2D eigenvalue weighted by atomic mass is 16.4. The quantitative estimate of drug-likeness (QED) is 0.356. The molecule has 5 heteroatoms. The Hall–Kier alpha value is -2.04. The minimum absolute atomic E-state index is 0.0220. The van der Waals surface area contributed by atoms with Gasteiger partial charge in [-0.3, -0.25) is 4.79 Å². The van der Waals surface area contributed by atoms with Gasteiger partial charge in [-0.25, -0.2) is 0 Å². The first-order valence-electron chi connectivity index (χ1n) is 5.41. The average molecular weight is 235 g/mol. The molecule has 5 nitrogen and oxygen atoms in total. The molecular weight excluding hydrogens is 218 g/mol. The Morgan fingerprint density at radius 3 is 2.65 bits per heavy atom. The Balaban J connectivity index is 2.91. The van der Waals surface area contributed by atoms with Crippen molar-refractivity contribution >= 4 is 11.7 Å². The summed E-state index contributed by atoms with van der Waals surface area (Å²) in [6.45, 7) is 4.36. The fourth-order valence-corrected chi connectivity index (χ4v) is 1.54. The van der Waals surface area contributed by atoms with Crippen molar-refractivity contribution in [2.24, 2.45) is 10.9 Å². The number of amides is 1. The number of likely N-dealkylation sites (N-methyl/N-ethyl adjacent to an activating group) is 1. The van der Waals surface area contributed by atoms with Gasteiger partial charge in [-0.1, -0.05) is 23.4 Å². The van der Waals surface area contributed by atoms with E-state index >= 15 is 0 Å². The number of carbonyl (C=O) groups excluding carboxylic acids is 1. The molecule has 0 bridgehead atoms. The molecule has 1 aromatic carbocycles. The fourth-order valence-electron chi connectivity index (χ4n) is 1.54. The van der Waals surface area contributed by atoms with Gasteiger partial charge < -0.3 is 15.8 Å². The van der Waals surface area contributed by atoms with Gasteiger partial charge in [0.2, 0.25) is 0 Å². The highest BCUT2D eigenvalue weighted by Crippen LogP contribution is 2.10. The van der Waals surface area contributed by atoms with Crippen molar-refractivity contribution in [1.82, 2.24) is 4.90 Å². The molecule has 92 valence electrons. The first kappa shape index (κ1) is 13.0. The van der Waals surface area contributed by atoms with Crippen LogP contribution in [0.5, 0.6) is 0 Å². The lowest BCUT2D eigenvalue weighted by Gasteiger charge is -2.20. The number of benzene rings is 1. The van der Waals surface area contributed by atoms with Crippen LogP contribution in [0.2, 0.25) is 0 Å². The maximum absolute atomic E-state index is 12.2. The summed E-state index contributed by atoms with van der Waals surface area (Å²) in [7, 11) is 0. The van der Waals surface area contributed by atoms with E-state index in [1.165, 1.54) is 4.90 Å². The number of amidine groups is 1. The number of rotatable bonds is 4. The molecule has 0 spiro atoms. The van der Waals surface area contributed by atoms with Crippen molar-refractivity contribution in [3.8, 4) is 0 Å². The summed E-state index contributed by atoms with van der Waals surface area (Å²) in [5, 5.41) is 11.4. The van der Waals surface area contributed by atoms with Gasteiger partial charge in [0.05, 0.1) is 6.54 Å². The molecule has 0 atom stereocenters. The third-order valence-electron chi connectivity index (χ3n) is 2.53. The predicted molar refractivity (Wildman–Crippen MR) is 66.2 cm³/mol. The van der Waals surface area contributed by atoms with Crippen LogP contribution < -0.4 is 5.73 Å². The van der Waals surface area contributed by atoms with E-state index in [1.807, 2.05) is 32.0 Å². The van der Waals surface area contributed by atoms with E-state index < -0.39 is 0 Å². The second kappa shape index (κ2) is 5.89. The zero-order chi connectivity index (χ0) is 12.8. The predicted octanol–water partition coefficient (Wildman–Crippen LogP) is 1.20. The molecule has 1 amide bonds. The number of nitrogens with two attached hydrogens (primary N) is 1. The summed E-state index contributed by atoms with van der Waals surface area (Å²) >= 11 is 0. The minimum atomic E-state index is -0.114. The summed E-state index contributed by atoms with van der Waals surface area (Å²) in [5.74, 6) is -0.0917. The second-order valence-electron chi connectivity index (χ2n) is 3.73. The van der Waals surface area contributed by atoms with E-state index in [2.05, 4.69) is 5.16 Å². The lowest BCUT2D eigenvalue weighted by atomic mass is 10.1. The topological polar surface area (TPSA) is 78.9 Å². The van der Waals surface area contributed by atoms with Crippen LogP contribution in [0.3, 0.4) is 0 Å².